The van der Waals surface area contributed by atoms with E-state index in [1.165, 1.54) is 12.7 Å². The third-order valence-corrected chi connectivity index (χ3v) is 6.93. The minimum Gasteiger partial charge on any atom is -0.495 e. The standard InChI is InChI=1S/C22H30N2O4S/c1-16-5-7-19(8-6-16)20(24-9-11-28-12-10-24)15-23-29(25,26)22-14-18(3)17(2)13-21(22)27-4/h5-8,13-14,20,23H,9-12,15H2,1-4H3. The van der Waals surface area contributed by atoms with E-state index in [2.05, 4.69) is 33.9 Å². The molecule has 1 N–H and O–H groups in total. The van der Waals surface area contributed by atoms with Crippen LogP contribution in [0.3, 0.4) is 0 Å². The first-order valence-corrected chi connectivity index (χ1v) is 11.3. The van der Waals surface area contributed by atoms with Gasteiger partial charge in [-0.25, -0.2) is 13.1 Å². The summed E-state index contributed by atoms with van der Waals surface area (Å²) in [6.45, 7) is 9.01. The van der Waals surface area contributed by atoms with Gasteiger partial charge in [-0.05, 0) is 49.6 Å². The number of benzene rings is 2. The van der Waals surface area contributed by atoms with Gasteiger partial charge >= 0.3 is 0 Å². The van der Waals surface area contributed by atoms with Crippen molar-refractivity contribution < 1.29 is 17.9 Å². The summed E-state index contributed by atoms with van der Waals surface area (Å²) >= 11 is 0. The van der Waals surface area contributed by atoms with Gasteiger partial charge in [0.2, 0.25) is 10.0 Å². The molecule has 6 nitrogen and oxygen atoms in total. The average Bonchev–Trinajstić information content (AvgIpc) is 2.71. The molecule has 1 unspecified atom stereocenters. The normalized spacial score (nSPS) is 16.6. The molecule has 0 saturated carbocycles. The van der Waals surface area contributed by atoms with Crippen LogP contribution in [-0.2, 0) is 14.8 Å². The van der Waals surface area contributed by atoms with E-state index in [0.29, 0.717) is 19.0 Å². The Morgan fingerprint density at radius 3 is 2.31 bits per heavy atom. The molecular formula is C22H30N2O4S. The van der Waals surface area contributed by atoms with Gasteiger partial charge in [0, 0.05) is 25.7 Å². The largest absolute Gasteiger partial charge is 0.495 e. The Kier molecular flexibility index (Phi) is 6.95. The zero-order valence-electron chi connectivity index (χ0n) is 17.6. The van der Waals surface area contributed by atoms with Crippen molar-refractivity contribution in [2.45, 2.75) is 31.7 Å². The van der Waals surface area contributed by atoms with Crippen LogP contribution < -0.4 is 9.46 Å². The molecule has 29 heavy (non-hydrogen) atoms. The van der Waals surface area contributed by atoms with E-state index in [1.54, 1.807) is 12.1 Å². The summed E-state index contributed by atoms with van der Waals surface area (Å²) in [6, 6.07) is 11.6. The highest BCUT2D eigenvalue weighted by Crippen LogP contribution is 2.28. The maximum Gasteiger partial charge on any atom is 0.244 e. The molecule has 1 heterocycles. The van der Waals surface area contributed by atoms with Gasteiger partial charge in [-0.3, -0.25) is 4.90 Å². The molecule has 158 valence electrons. The molecule has 7 heteroatoms. The lowest BCUT2D eigenvalue weighted by molar-refractivity contribution is 0.0172. The van der Waals surface area contributed by atoms with E-state index < -0.39 is 10.0 Å². The van der Waals surface area contributed by atoms with Crippen molar-refractivity contribution in [3.8, 4) is 5.75 Å². The summed E-state index contributed by atoms with van der Waals surface area (Å²) in [7, 11) is -2.23. The van der Waals surface area contributed by atoms with Crippen LogP contribution in [0.1, 0.15) is 28.3 Å². The summed E-state index contributed by atoms with van der Waals surface area (Å²) < 4.78 is 39.9. The van der Waals surface area contributed by atoms with Crippen molar-refractivity contribution >= 4 is 10.0 Å². The number of sulfonamides is 1. The quantitative estimate of drug-likeness (QED) is 0.749. The van der Waals surface area contributed by atoms with Crippen molar-refractivity contribution in [3.05, 3.63) is 58.7 Å². The minimum absolute atomic E-state index is 0.0631. The molecule has 1 aliphatic rings. The highest BCUT2D eigenvalue weighted by Gasteiger charge is 2.26. The second-order valence-electron chi connectivity index (χ2n) is 7.51. The Labute approximate surface area is 173 Å². The number of hydrogen-bond acceptors (Lipinski definition) is 5. The third kappa shape index (κ3) is 5.17. The summed E-state index contributed by atoms with van der Waals surface area (Å²) in [5, 5.41) is 0. The van der Waals surface area contributed by atoms with Crippen LogP contribution in [0.4, 0.5) is 0 Å². The first kappa shape index (κ1) is 21.8. The van der Waals surface area contributed by atoms with Crippen molar-refractivity contribution in [2.75, 3.05) is 40.0 Å². The number of morpholine rings is 1. The average molecular weight is 419 g/mol. The molecule has 0 spiro atoms. The highest BCUT2D eigenvalue weighted by molar-refractivity contribution is 7.89. The van der Waals surface area contributed by atoms with Gasteiger partial charge in [0.15, 0.2) is 0 Å². The predicted octanol–water partition coefficient (Wildman–Crippen LogP) is 2.97. The molecule has 1 saturated heterocycles. The summed E-state index contributed by atoms with van der Waals surface area (Å²) in [4.78, 5) is 2.45. The molecule has 0 radical (unpaired) electrons. The third-order valence-electron chi connectivity index (χ3n) is 5.48. The fourth-order valence-electron chi connectivity index (χ4n) is 3.53. The molecule has 1 atom stereocenters. The molecule has 0 bridgehead atoms. The Bertz CT molecular complexity index is 936. The molecular weight excluding hydrogens is 388 g/mol. The lowest BCUT2D eigenvalue weighted by atomic mass is 10.0. The van der Waals surface area contributed by atoms with Gasteiger partial charge in [0.1, 0.15) is 10.6 Å². The van der Waals surface area contributed by atoms with E-state index >= 15 is 0 Å². The van der Waals surface area contributed by atoms with Crippen molar-refractivity contribution in [1.82, 2.24) is 9.62 Å². The number of rotatable bonds is 7. The molecule has 1 aliphatic heterocycles. The summed E-state index contributed by atoms with van der Waals surface area (Å²) in [6.07, 6.45) is 0. The molecule has 1 fully saturated rings. The Hall–Kier alpha value is -1.93. The van der Waals surface area contributed by atoms with Crippen molar-refractivity contribution in [3.63, 3.8) is 0 Å². The second kappa shape index (κ2) is 9.26. The van der Waals surface area contributed by atoms with Crippen LogP contribution in [0.5, 0.6) is 5.75 Å². The topological polar surface area (TPSA) is 67.9 Å². The molecule has 3 rings (SSSR count). The molecule has 2 aromatic rings. The number of nitrogens with one attached hydrogen (secondary N) is 1. The van der Waals surface area contributed by atoms with Gasteiger partial charge in [-0.1, -0.05) is 29.8 Å². The van der Waals surface area contributed by atoms with Crippen LogP contribution in [0.2, 0.25) is 0 Å². The van der Waals surface area contributed by atoms with Gasteiger partial charge in [-0.2, -0.15) is 0 Å². The fraction of sp³-hybridized carbons (Fsp3) is 0.455. The van der Waals surface area contributed by atoms with Crippen molar-refractivity contribution in [1.29, 1.82) is 0 Å². The van der Waals surface area contributed by atoms with Crippen LogP contribution in [0, 0.1) is 20.8 Å². The number of nitrogens with zero attached hydrogens (tertiary/aromatic N) is 1. The maximum atomic E-state index is 13.1. The second-order valence-corrected chi connectivity index (χ2v) is 9.25. The van der Waals surface area contributed by atoms with Crippen LogP contribution >= 0.6 is 0 Å². The summed E-state index contributed by atoms with van der Waals surface area (Å²) in [5.41, 5.74) is 4.17. The molecule has 2 aromatic carbocycles. The SMILES string of the molecule is COc1cc(C)c(C)cc1S(=O)(=O)NCC(c1ccc(C)cc1)N1CCOCC1. The van der Waals surface area contributed by atoms with E-state index in [-0.39, 0.29) is 17.5 Å². The highest BCUT2D eigenvalue weighted by atomic mass is 32.2. The fourth-order valence-corrected chi connectivity index (χ4v) is 4.81. The van der Waals surface area contributed by atoms with E-state index in [9.17, 15) is 8.42 Å². The van der Waals surface area contributed by atoms with Crippen LogP contribution in [-0.4, -0.2) is 53.3 Å². The summed E-state index contributed by atoms with van der Waals surface area (Å²) in [5.74, 6) is 0.360. The zero-order valence-corrected chi connectivity index (χ0v) is 18.4. The van der Waals surface area contributed by atoms with Crippen LogP contribution in [0.15, 0.2) is 41.3 Å². The number of hydrogen-bond donors (Lipinski definition) is 1. The molecule has 0 amide bonds. The van der Waals surface area contributed by atoms with Crippen LogP contribution in [0.25, 0.3) is 0 Å². The first-order valence-electron chi connectivity index (χ1n) is 9.85. The number of methoxy groups -OCH3 is 1. The monoisotopic (exact) mass is 418 g/mol. The van der Waals surface area contributed by atoms with Gasteiger partial charge in [-0.15, -0.1) is 0 Å². The zero-order chi connectivity index (χ0) is 21.0. The van der Waals surface area contributed by atoms with Gasteiger partial charge < -0.3 is 9.47 Å². The van der Waals surface area contributed by atoms with E-state index in [0.717, 1.165) is 29.8 Å². The molecule has 0 aliphatic carbocycles. The Morgan fingerprint density at radius 1 is 1.07 bits per heavy atom. The van der Waals surface area contributed by atoms with E-state index in [1.807, 2.05) is 20.8 Å². The van der Waals surface area contributed by atoms with E-state index in [4.69, 9.17) is 9.47 Å². The Balaban J connectivity index is 1.86. The smallest absolute Gasteiger partial charge is 0.244 e. The number of ether oxygens (including phenoxy) is 2. The maximum absolute atomic E-state index is 13.1. The van der Waals surface area contributed by atoms with Crippen molar-refractivity contribution in [2.24, 2.45) is 0 Å². The predicted molar refractivity (Wildman–Crippen MR) is 114 cm³/mol. The Morgan fingerprint density at radius 2 is 1.69 bits per heavy atom. The van der Waals surface area contributed by atoms with Gasteiger partial charge in [0.25, 0.3) is 0 Å². The lowest BCUT2D eigenvalue weighted by Gasteiger charge is -2.35. The minimum atomic E-state index is -3.73. The number of aryl methyl sites for hydroxylation is 3. The lowest BCUT2D eigenvalue weighted by Crippen LogP contribution is -2.43. The van der Waals surface area contributed by atoms with Gasteiger partial charge in [0.05, 0.1) is 20.3 Å². The molecule has 0 aromatic heterocycles. The first-order chi connectivity index (χ1) is 13.8.